The average molecular weight is 352 g/mol. The molecule has 1 aliphatic rings. The average Bonchev–Trinajstić information content (AvgIpc) is 3.10. The Hall–Kier alpha value is -2.73. The lowest BCUT2D eigenvalue weighted by Gasteiger charge is -2.03. The summed E-state index contributed by atoms with van der Waals surface area (Å²) >= 11 is 1.56. The second-order valence-corrected chi connectivity index (χ2v) is 7.41. The van der Waals surface area contributed by atoms with Gasteiger partial charge in [-0.3, -0.25) is 9.36 Å². The van der Waals surface area contributed by atoms with Gasteiger partial charge in [0.25, 0.3) is 5.56 Å². The van der Waals surface area contributed by atoms with Gasteiger partial charge in [-0.1, -0.05) is 12.1 Å². The van der Waals surface area contributed by atoms with Gasteiger partial charge >= 0.3 is 5.97 Å². The maximum absolute atomic E-state index is 12.8. The van der Waals surface area contributed by atoms with E-state index in [0.29, 0.717) is 6.54 Å². The van der Waals surface area contributed by atoms with E-state index >= 15 is 0 Å². The number of rotatable bonds is 2. The zero-order valence-corrected chi connectivity index (χ0v) is 14.7. The number of aromatic nitrogens is 2. The lowest BCUT2D eigenvalue weighted by Crippen LogP contribution is -2.20. The standard InChI is InChI=1S/C19H16N2O3S/c1-10-11(2)25-17-15(10)18(22)21-8-7-14(16(21)20-17)9-12-3-5-13(6-4-12)19(23)24/h3-6,9H,7-8H2,1-2H3,(H,23,24)/b14-9+. The van der Waals surface area contributed by atoms with E-state index < -0.39 is 5.97 Å². The summed E-state index contributed by atoms with van der Waals surface area (Å²) in [5.41, 5.74) is 3.22. The molecule has 4 rings (SSSR count). The van der Waals surface area contributed by atoms with E-state index in [9.17, 15) is 9.59 Å². The Kier molecular flexibility index (Phi) is 3.58. The fourth-order valence-electron chi connectivity index (χ4n) is 3.18. The Bertz CT molecular complexity index is 1100. The van der Waals surface area contributed by atoms with Crippen molar-refractivity contribution in [2.24, 2.45) is 0 Å². The Labute approximate surface area is 147 Å². The summed E-state index contributed by atoms with van der Waals surface area (Å²) in [5, 5.41) is 9.72. The van der Waals surface area contributed by atoms with Gasteiger partial charge in [-0.15, -0.1) is 11.3 Å². The highest BCUT2D eigenvalue weighted by atomic mass is 32.1. The molecule has 6 heteroatoms. The molecule has 0 atom stereocenters. The molecule has 3 heterocycles. The number of hydrogen-bond acceptors (Lipinski definition) is 4. The molecule has 1 N–H and O–H groups in total. The minimum Gasteiger partial charge on any atom is -0.478 e. The first-order valence-corrected chi connectivity index (χ1v) is 8.82. The Morgan fingerprint density at radius 1 is 1.28 bits per heavy atom. The number of allylic oxidation sites excluding steroid dienone is 1. The molecule has 5 nitrogen and oxygen atoms in total. The first kappa shape index (κ1) is 15.8. The first-order valence-electron chi connectivity index (χ1n) is 8.00. The summed E-state index contributed by atoms with van der Waals surface area (Å²) in [6.45, 7) is 4.61. The van der Waals surface area contributed by atoms with E-state index in [4.69, 9.17) is 10.1 Å². The van der Waals surface area contributed by atoms with Crippen LogP contribution in [0.15, 0.2) is 29.1 Å². The number of benzene rings is 1. The molecule has 1 aromatic carbocycles. The molecule has 0 aliphatic carbocycles. The molecule has 0 unspecified atom stereocenters. The van der Waals surface area contributed by atoms with Crippen molar-refractivity contribution < 1.29 is 9.90 Å². The van der Waals surface area contributed by atoms with Gasteiger partial charge in [0.15, 0.2) is 0 Å². The second-order valence-electron chi connectivity index (χ2n) is 6.20. The lowest BCUT2D eigenvalue weighted by atomic mass is 10.1. The monoisotopic (exact) mass is 352 g/mol. The number of carbonyl (C=O) groups is 1. The zero-order chi connectivity index (χ0) is 17.7. The molecule has 0 spiro atoms. The maximum atomic E-state index is 12.8. The fourth-order valence-corrected chi connectivity index (χ4v) is 4.20. The SMILES string of the molecule is Cc1sc2nc3n(c(=O)c2c1C)CC/C3=C\c1ccc(C(=O)O)cc1. The summed E-state index contributed by atoms with van der Waals surface area (Å²) in [6, 6.07) is 6.71. The van der Waals surface area contributed by atoms with Gasteiger partial charge in [-0.25, -0.2) is 9.78 Å². The highest BCUT2D eigenvalue weighted by molar-refractivity contribution is 7.18. The molecule has 0 bridgehead atoms. The van der Waals surface area contributed by atoms with Crippen LogP contribution in [0.2, 0.25) is 0 Å². The summed E-state index contributed by atoms with van der Waals surface area (Å²) in [5.74, 6) is -0.217. The van der Waals surface area contributed by atoms with Crippen molar-refractivity contribution in [2.75, 3.05) is 0 Å². The van der Waals surface area contributed by atoms with Crippen molar-refractivity contribution in [3.8, 4) is 0 Å². The van der Waals surface area contributed by atoms with E-state index in [1.165, 1.54) is 0 Å². The minimum atomic E-state index is -0.940. The van der Waals surface area contributed by atoms with Crippen LogP contribution < -0.4 is 5.56 Å². The molecule has 0 saturated carbocycles. The van der Waals surface area contributed by atoms with Crippen LogP contribution in [-0.2, 0) is 6.54 Å². The van der Waals surface area contributed by atoms with Gasteiger partial charge in [0.05, 0.1) is 10.9 Å². The second kappa shape index (κ2) is 5.67. The first-order chi connectivity index (χ1) is 12.0. The van der Waals surface area contributed by atoms with Gasteiger partial charge < -0.3 is 5.11 Å². The van der Waals surface area contributed by atoms with Gasteiger partial charge in [0.1, 0.15) is 10.7 Å². The third-order valence-electron chi connectivity index (χ3n) is 4.68. The normalized spacial score (nSPS) is 15.0. The largest absolute Gasteiger partial charge is 0.478 e. The van der Waals surface area contributed by atoms with Crippen LogP contribution >= 0.6 is 11.3 Å². The van der Waals surface area contributed by atoms with E-state index in [1.54, 1.807) is 40.2 Å². The van der Waals surface area contributed by atoms with Crippen LogP contribution in [0.1, 0.15) is 38.6 Å². The number of carboxylic acid groups (broad SMARTS) is 1. The van der Waals surface area contributed by atoms with Crippen molar-refractivity contribution in [1.82, 2.24) is 9.55 Å². The minimum absolute atomic E-state index is 0.0338. The van der Waals surface area contributed by atoms with E-state index in [-0.39, 0.29) is 11.1 Å². The number of nitrogens with zero attached hydrogens (tertiary/aromatic N) is 2. The Balaban J connectivity index is 1.82. The van der Waals surface area contributed by atoms with Gasteiger partial charge in [-0.2, -0.15) is 0 Å². The highest BCUT2D eigenvalue weighted by Crippen LogP contribution is 2.31. The molecular formula is C19H16N2O3S. The molecule has 3 aromatic rings. The highest BCUT2D eigenvalue weighted by Gasteiger charge is 2.23. The third kappa shape index (κ3) is 2.49. The van der Waals surface area contributed by atoms with Crippen LogP contribution in [0.25, 0.3) is 21.9 Å². The van der Waals surface area contributed by atoms with Crippen molar-refractivity contribution in [3.63, 3.8) is 0 Å². The molecule has 126 valence electrons. The van der Waals surface area contributed by atoms with Gasteiger partial charge in [0, 0.05) is 11.4 Å². The van der Waals surface area contributed by atoms with Crippen molar-refractivity contribution in [2.45, 2.75) is 26.8 Å². The summed E-state index contributed by atoms with van der Waals surface area (Å²) in [4.78, 5) is 30.4. The van der Waals surface area contributed by atoms with Crippen molar-refractivity contribution >= 4 is 39.2 Å². The van der Waals surface area contributed by atoms with Crippen LogP contribution in [0.4, 0.5) is 0 Å². The zero-order valence-electron chi connectivity index (χ0n) is 13.9. The van der Waals surface area contributed by atoms with Gasteiger partial charge in [-0.05, 0) is 55.2 Å². The topological polar surface area (TPSA) is 72.2 Å². The van der Waals surface area contributed by atoms with Crippen molar-refractivity contribution in [1.29, 1.82) is 0 Å². The number of hydrogen-bond donors (Lipinski definition) is 1. The molecule has 25 heavy (non-hydrogen) atoms. The molecule has 0 fully saturated rings. The van der Waals surface area contributed by atoms with Crippen LogP contribution in [-0.4, -0.2) is 20.6 Å². The Morgan fingerprint density at radius 3 is 2.68 bits per heavy atom. The van der Waals surface area contributed by atoms with E-state index in [0.717, 1.165) is 44.0 Å². The number of aromatic carboxylic acids is 1. The molecule has 0 radical (unpaired) electrons. The predicted molar refractivity (Wildman–Crippen MR) is 99.2 cm³/mol. The Morgan fingerprint density at radius 2 is 2.00 bits per heavy atom. The molecule has 1 aliphatic heterocycles. The van der Waals surface area contributed by atoms with E-state index in [2.05, 4.69) is 0 Å². The van der Waals surface area contributed by atoms with Crippen LogP contribution in [0.3, 0.4) is 0 Å². The third-order valence-corrected chi connectivity index (χ3v) is 5.78. The number of thiophene rings is 1. The quantitative estimate of drug-likeness (QED) is 0.763. The van der Waals surface area contributed by atoms with Crippen LogP contribution in [0.5, 0.6) is 0 Å². The molecule has 0 amide bonds. The summed E-state index contributed by atoms with van der Waals surface area (Å²) < 4.78 is 1.75. The number of fused-ring (bicyclic) bond motifs is 2. The molecule has 2 aromatic heterocycles. The van der Waals surface area contributed by atoms with Crippen molar-refractivity contribution in [3.05, 3.63) is 62.0 Å². The van der Waals surface area contributed by atoms with Gasteiger partial charge in [0.2, 0.25) is 0 Å². The number of carboxylic acids is 1. The predicted octanol–water partition coefficient (Wildman–Crippen LogP) is 3.72. The van der Waals surface area contributed by atoms with E-state index in [1.807, 2.05) is 19.9 Å². The summed E-state index contributed by atoms with van der Waals surface area (Å²) in [6.07, 6.45) is 2.73. The summed E-state index contributed by atoms with van der Waals surface area (Å²) in [7, 11) is 0. The lowest BCUT2D eigenvalue weighted by molar-refractivity contribution is 0.0697. The molecule has 0 saturated heterocycles. The van der Waals surface area contributed by atoms with Crippen LogP contribution in [0, 0.1) is 13.8 Å². The smallest absolute Gasteiger partial charge is 0.335 e. The maximum Gasteiger partial charge on any atom is 0.335 e. The fraction of sp³-hybridized carbons (Fsp3) is 0.211. The number of aryl methyl sites for hydroxylation is 2. The molecular weight excluding hydrogens is 336 g/mol.